The molecule has 3 atom stereocenters. The molecular weight excluding hydrogens is 264 g/mol. The zero-order valence-electron chi connectivity index (χ0n) is 13.4. The Bertz CT molecular complexity index is 429. The Labute approximate surface area is 127 Å². The van der Waals surface area contributed by atoms with Crippen molar-refractivity contribution in [2.45, 2.75) is 89.3 Å². The number of hydrogen-bond donors (Lipinski definition) is 1. The predicted molar refractivity (Wildman–Crippen MR) is 81.7 cm³/mol. The van der Waals surface area contributed by atoms with E-state index in [0.717, 1.165) is 44.4 Å². The van der Waals surface area contributed by atoms with Crippen LogP contribution in [0.4, 0.5) is 0 Å². The highest BCUT2D eigenvalue weighted by Crippen LogP contribution is 2.37. The van der Waals surface area contributed by atoms with Crippen molar-refractivity contribution in [3.8, 4) is 0 Å². The summed E-state index contributed by atoms with van der Waals surface area (Å²) < 4.78 is 0. The van der Waals surface area contributed by atoms with E-state index >= 15 is 0 Å². The average Bonchev–Trinajstić information content (AvgIpc) is 2.82. The maximum absolute atomic E-state index is 13.1. The number of carbonyl (C=O) groups is 2. The van der Waals surface area contributed by atoms with Crippen LogP contribution >= 0.6 is 0 Å². The number of piperazine rings is 1. The van der Waals surface area contributed by atoms with Gasteiger partial charge in [-0.25, -0.2) is 0 Å². The molecule has 2 aliphatic carbocycles. The van der Waals surface area contributed by atoms with Gasteiger partial charge in [0.15, 0.2) is 0 Å². The monoisotopic (exact) mass is 292 g/mol. The molecule has 2 saturated carbocycles. The summed E-state index contributed by atoms with van der Waals surface area (Å²) >= 11 is 0. The van der Waals surface area contributed by atoms with Crippen molar-refractivity contribution < 1.29 is 9.59 Å². The molecule has 3 aliphatic rings. The van der Waals surface area contributed by atoms with Crippen molar-refractivity contribution >= 4 is 11.8 Å². The Hall–Kier alpha value is -1.06. The van der Waals surface area contributed by atoms with Crippen LogP contribution in [-0.4, -0.2) is 34.3 Å². The molecule has 0 bridgehead atoms. The highest BCUT2D eigenvalue weighted by Gasteiger charge is 2.52. The molecule has 1 aliphatic heterocycles. The van der Waals surface area contributed by atoms with E-state index in [1.165, 1.54) is 19.3 Å². The van der Waals surface area contributed by atoms with Gasteiger partial charge in [-0.1, -0.05) is 32.6 Å². The topological polar surface area (TPSA) is 49.4 Å². The van der Waals surface area contributed by atoms with Crippen molar-refractivity contribution in [3.63, 3.8) is 0 Å². The molecule has 0 radical (unpaired) electrons. The van der Waals surface area contributed by atoms with Crippen molar-refractivity contribution in [2.75, 3.05) is 0 Å². The first-order valence-electron chi connectivity index (χ1n) is 8.68. The van der Waals surface area contributed by atoms with Gasteiger partial charge in [-0.3, -0.25) is 9.59 Å². The second-order valence-corrected chi connectivity index (χ2v) is 7.43. The van der Waals surface area contributed by atoms with Gasteiger partial charge in [0.2, 0.25) is 11.8 Å². The molecule has 1 saturated heterocycles. The second-order valence-electron chi connectivity index (χ2n) is 7.43. The number of amides is 2. The maximum atomic E-state index is 13.1. The summed E-state index contributed by atoms with van der Waals surface area (Å²) in [6, 6.07) is -0.0388. The molecule has 2 amide bonds. The van der Waals surface area contributed by atoms with Crippen LogP contribution in [-0.2, 0) is 9.59 Å². The van der Waals surface area contributed by atoms with Gasteiger partial charge in [-0.05, 0) is 44.9 Å². The number of hydrogen-bond acceptors (Lipinski definition) is 2. The van der Waals surface area contributed by atoms with Crippen LogP contribution in [0.25, 0.3) is 0 Å². The predicted octanol–water partition coefficient (Wildman–Crippen LogP) is 2.61. The summed E-state index contributed by atoms with van der Waals surface area (Å²) in [6.07, 6.45) is 9.47. The minimum atomic E-state index is -0.568. The quantitative estimate of drug-likeness (QED) is 0.755. The van der Waals surface area contributed by atoms with E-state index in [9.17, 15) is 9.59 Å². The zero-order valence-corrected chi connectivity index (χ0v) is 13.4. The Morgan fingerprint density at radius 3 is 2.43 bits per heavy atom. The third-order valence-electron chi connectivity index (χ3n) is 5.88. The summed E-state index contributed by atoms with van der Waals surface area (Å²) in [7, 11) is 0. The summed E-state index contributed by atoms with van der Waals surface area (Å²) in [6.45, 7) is 4.19. The van der Waals surface area contributed by atoms with Crippen molar-refractivity contribution in [3.05, 3.63) is 0 Å². The van der Waals surface area contributed by atoms with E-state index in [-0.39, 0.29) is 23.9 Å². The molecule has 0 aromatic rings. The molecule has 4 heteroatoms. The van der Waals surface area contributed by atoms with Crippen LogP contribution in [0.3, 0.4) is 0 Å². The second kappa shape index (κ2) is 5.62. The van der Waals surface area contributed by atoms with Gasteiger partial charge in [-0.15, -0.1) is 0 Å². The molecule has 4 nitrogen and oxygen atoms in total. The normalized spacial score (nSPS) is 36.7. The van der Waals surface area contributed by atoms with Gasteiger partial charge >= 0.3 is 0 Å². The summed E-state index contributed by atoms with van der Waals surface area (Å²) in [5.74, 6) is 1.000. The number of rotatable bonds is 1. The Morgan fingerprint density at radius 2 is 1.71 bits per heavy atom. The van der Waals surface area contributed by atoms with Gasteiger partial charge in [0.25, 0.3) is 0 Å². The molecule has 21 heavy (non-hydrogen) atoms. The third-order valence-corrected chi connectivity index (χ3v) is 5.88. The lowest BCUT2D eigenvalue weighted by atomic mass is 9.88. The molecule has 1 N–H and O–H groups in total. The lowest BCUT2D eigenvalue weighted by molar-refractivity contribution is -0.157. The smallest absolute Gasteiger partial charge is 0.249 e. The average molecular weight is 292 g/mol. The fourth-order valence-electron chi connectivity index (χ4n) is 4.49. The maximum Gasteiger partial charge on any atom is 0.249 e. The fraction of sp³-hybridized carbons (Fsp3) is 0.882. The van der Waals surface area contributed by atoms with Crippen molar-refractivity contribution in [1.29, 1.82) is 0 Å². The van der Waals surface area contributed by atoms with E-state index < -0.39 is 5.54 Å². The van der Waals surface area contributed by atoms with E-state index in [4.69, 9.17) is 0 Å². The van der Waals surface area contributed by atoms with Crippen molar-refractivity contribution in [2.24, 2.45) is 5.92 Å². The van der Waals surface area contributed by atoms with E-state index in [2.05, 4.69) is 12.2 Å². The van der Waals surface area contributed by atoms with Crippen molar-refractivity contribution in [1.82, 2.24) is 10.2 Å². The molecule has 3 unspecified atom stereocenters. The van der Waals surface area contributed by atoms with Gasteiger partial charge in [0.05, 0.1) is 0 Å². The van der Waals surface area contributed by atoms with Crippen LogP contribution in [0.5, 0.6) is 0 Å². The Balaban J connectivity index is 1.84. The number of nitrogens with zero attached hydrogens (tertiary/aromatic N) is 1. The van der Waals surface area contributed by atoms with Gasteiger partial charge in [0.1, 0.15) is 11.6 Å². The molecular formula is C17H28N2O2. The van der Waals surface area contributed by atoms with Crippen LogP contribution in [0.2, 0.25) is 0 Å². The molecule has 3 rings (SSSR count). The van der Waals surface area contributed by atoms with E-state index in [1.807, 2.05) is 11.8 Å². The summed E-state index contributed by atoms with van der Waals surface area (Å²) in [5.41, 5.74) is -0.568. The number of nitrogens with one attached hydrogen (secondary N) is 1. The van der Waals surface area contributed by atoms with Crippen LogP contribution in [0, 0.1) is 5.92 Å². The summed E-state index contributed by atoms with van der Waals surface area (Å²) in [5, 5.41) is 3.05. The first kappa shape index (κ1) is 14.9. The van der Waals surface area contributed by atoms with Crippen LogP contribution in [0.1, 0.15) is 71.6 Å². The molecule has 3 fully saturated rings. The molecule has 0 aromatic carbocycles. The van der Waals surface area contributed by atoms with Crippen LogP contribution < -0.4 is 5.32 Å². The van der Waals surface area contributed by atoms with Gasteiger partial charge < -0.3 is 10.2 Å². The van der Waals surface area contributed by atoms with Crippen LogP contribution in [0.15, 0.2) is 0 Å². The fourth-order valence-corrected chi connectivity index (χ4v) is 4.49. The first-order chi connectivity index (χ1) is 10.0. The van der Waals surface area contributed by atoms with E-state index in [0.29, 0.717) is 0 Å². The lowest BCUT2D eigenvalue weighted by Crippen LogP contribution is -2.70. The van der Waals surface area contributed by atoms with Gasteiger partial charge in [-0.2, -0.15) is 0 Å². The zero-order chi connectivity index (χ0) is 15.0. The Morgan fingerprint density at radius 1 is 1.00 bits per heavy atom. The number of carbonyl (C=O) groups excluding carboxylic acids is 2. The minimum absolute atomic E-state index is 0.0498. The highest BCUT2D eigenvalue weighted by atomic mass is 16.2. The first-order valence-corrected chi connectivity index (χ1v) is 8.68. The third kappa shape index (κ3) is 2.58. The van der Waals surface area contributed by atoms with Gasteiger partial charge in [0, 0.05) is 6.04 Å². The molecule has 1 spiro atoms. The highest BCUT2D eigenvalue weighted by molar-refractivity contribution is 6.00. The molecule has 118 valence electrons. The van der Waals surface area contributed by atoms with E-state index in [1.54, 1.807) is 0 Å². The molecule has 1 heterocycles. The Kier molecular flexibility index (Phi) is 3.98. The molecule has 0 aromatic heterocycles. The SMILES string of the molecule is CC1CCCC(N2C(=O)C3(CCCC3)NC(=O)C2C)CC1. The standard InChI is InChI=1S/C17H28N2O2/c1-12-6-5-7-14(9-8-12)19-13(2)15(20)18-17(16(19)21)10-3-4-11-17/h12-14H,3-11H2,1-2H3,(H,18,20). The minimum Gasteiger partial charge on any atom is -0.340 e. The lowest BCUT2D eigenvalue weighted by Gasteiger charge is -2.46. The summed E-state index contributed by atoms with van der Waals surface area (Å²) in [4.78, 5) is 27.5. The largest absolute Gasteiger partial charge is 0.340 e.